The smallest absolute Gasteiger partial charge is 0.225 e. The van der Waals surface area contributed by atoms with Gasteiger partial charge in [-0.25, -0.2) is 18.4 Å². The highest BCUT2D eigenvalue weighted by atomic mass is 32.2. The zero-order chi connectivity index (χ0) is 19.6. The molecule has 2 fully saturated rings. The van der Waals surface area contributed by atoms with Crippen LogP contribution in [0.25, 0.3) is 0 Å². The largest absolute Gasteiger partial charge is 0.378 e. The fraction of sp³-hybridized carbons (Fsp3) is 0.722. The van der Waals surface area contributed by atoms with Gasteiger partial charge in [-0.3, -0.25) is 4.79 Å². The summed E-state index contributed by atoms with van der Waals surface area (Å²) in [5, 5.41) is 0. The van der Waals surface area contributed by atoms with E-state index in [2.05, 4.69) is 9.97 Å². The fourth-order valence-corrected chi connectivity index (χ4v) is 4.44. The molecule has 1 amide bonds. The number of hydrogen-bond acceptors (Lipinski definition) is 7. The number of amides is 1. The summed E-state index contributed by atoms with van der Waals surface area (Å²) < 4.78 is 29.9. The molecule has 1 aromatic heterocycles. The molecule has 0 radical (unpaired) electrons. The summed E-state index contributed by atoms with van der Waals surface area (Å²) in [6.07, 6.45) is 4.05. The summed E-state index contributed by atoms with van der Waals surface area (Å²) in [5.74, 6) is 0.684. The van der Waals surface area contributed by atoms with Crippen molar-refractivity contribution >= 4 is 21.7 Å². The van der Waals surface area contributed by atoms with Crippen molar-refractivity contribution in [3.8, 4) is 0 Å². The van der Waals surface area contributed by atoms with Gasteiger partial charge in [0.1, 0.15) is 4.90 Å². The van der Waals surface area contributed by atoms with Crippen LogP contribution in [-0.2, 0) is 19.4 Å². The first-order chi connectivity index (χ1) is 12.8. The van der Waals surface area contributed by atoms with Gasteiger partial charge in [-0.15, -0.1) is 0 Å². The van der Waals surface area contributed by atoms with E-state index in [1.54, 1.807) is 0 Å². The molecule has 0 aromatic carbocycles. The van der Waals surface area contributed by atoms with Crippen LogP contribution < -0.4 is 4.90 Å². The molecule has 9 heteroatoms. The Labute approximate surface area is 160 Å². The predicted octanol–water partition coefficient (Wildman–Crippen LogP) is 1.08. The number of anilines is 1. The lowest BCUT2D eigenvalue weighted by molar-refractivity contribution is -0.135. The summed E-state index contributed by atoms with van der Waals surface area (Å²) in [4.78, 5) is 25.3. The van der Waals surface area contributed by atoms with Crippen molar-refractivity contribution in [2.75, 3.05) is 50.5 Å². The molecule has 0 N–H and O–H groups in total. The van der Waals surface area contributed by atoms with E-state index in [1.165, 1.54) is 12.5 Å². The van der Waals surface area contributed by atoms with Crippen LogP contribution >= 0.6 is 0 Å². The van der Waals surface area contributed by atoms with Crippen molar-refractivity contribution in [1.82, 2.24) is 14.9 Å². The van der Waals surface area contributed by atoms with E-state index in [4.69, 9.17) is 4.74 Å². The molecule has 0 unspecified atom stereocenters. The average molecular weight is 397 g/mol. The second kappa shape index (κ2) is 8.10. The van der Waals surface area contributed by atoms with E-state index in [9.17, 15) is 13.2 Å². The maximum Gasteiger partial charge on any atom is 0.225 e. The number of aromatic nitrogens is 2. The number of ether oxygens (including phenoxy) is 1. The second-order valence-electron chi connectivity index (χ2n) is 7.55. The SMILES string of the molecule is CC(C)C(=O)N1CCC(c2nc(N3CCOCC3)ncc2S(C)(=O)=O)CC1. The van der Waals surface area contributed by atoms with Crippen molar-refractivity contribution in [3.63, 3.8) is 0 Å². The number of likely N-dealkylation sites (tertiary alicyclic amines) is 1. The monoisotopic (exact) mass is 396 g/mol. The molecule has 27 heavy (non-hydrogen) atoms. The molecular formula is C18H28N4O4S. The summed E-state index contributed by atoms with van der Waals surface area (Å²) in [5.41, 5.74) is 0.589. The lowest BCUT2D eigenvalue weighted by atomic mass is 9.92. The number of rotatable bonds is 4. The zero-order valence-corrected chi connectivity index (χ0v) is 17.0. The lowest BCUT2D eigenvalue weighted by Gasteiger charge is -2.34. The second-order valence-corrected chi connectivity index (χ2v) is 9.53. The summed E-state index contributed by atoms with van der Waals surface area (Å²) >= 11 is 0. The molecule has 2 aliphatic rings. The fourth-order valence-electron chi connectivity index (χ4n) is 3.61. The normalized spacial score (nSPS) is 19.6. The summed E-state index contributed by atoms with van der Waals surface area (Å²) in [6.45, 7) is 7.66. The van der Waals surface area contributed by atoms with Crippen LogP contribution in [0.2, 0.25) is 0 Å². The quantitative estimate of drug-likeness (QED) is 0.752. The van der Waals surface area contributed by atoms with Crippen molar-refractivity contribution in [1.29, 1.82) is 0 Å². The maximum atomic E-state index is 12.3. The third-order valence-electron chi connectivity index (χ3n) is 5.15. The molecular weight excluding hydrogens is 368 g/mol. The van der Waals surface area contributed by atoms with Crippen LogP contribution in [0.4, 0.5) is 5.95 Å². The Morgan fingerprint density at radius 2 is 1.81 bits per heavy atom. The van der Waals surface area contributed by atoms with Gasteiger partial charge in [-0.2, -0.15) is 0 Å². The molecule has 1 aromatic rings. The van der Waals surface area contributed by atoms with Crippen molar-refractivity contribution in [3.05, 3.63) is 11.9 Å². The van der Waals surface area contributed by atoms with E-state index in [1.807, 2.05) is 23.6 Å². The topological polar surface area (TPSA) is 92.7 Å². The number of carbonyl (C=O) groups is 1. The van der Waals surface area contributed by atoms with Gasteiger partial charge in [0.05, 0.1) is 25.1 Å². The Balaban J connectivity index is 1.85. The minimum atomic E-state index is -3.42. The van der Waals surface area contributed by atoms with Crippen LogP contribution in [0.1, 0.15) is 38.3 Å². The van der Waals surface area contributed by atoms with E-state index in [0.717, 1.165) is 0 Å². The molecule has 2 aliphatic heterocycles. The summed E-state index contributed by atoms with van der Waals surface area (Å²) in [6, 6.07) is 0. The molecule has 3 heterocycles. The van der Waals surface area contributed by atoms with E-state index >= 15 is 0 Å². The number of nitrogens with zero attached hydrogens (tertiary/aromatic N) is 4. The lowest BCUT2D eigenvalue weighted by Crippen LogP contribution is -2.40. The first-order valence-corrected chi connectivity index (χ1v) is 11.3. The zero-order valence-electron chi connectivity index (χ0n) is 16.2. The van der Waals surface area contributed by atoms with Crippen molar-refractivity contribution in [2.24, 2.45) is 5.92 Å². The highest BCUT2D eigenvalue weighted by Crippen LogP contribution is 2.32. The van der Waals surface area contributed by atoms with Gasteiger partial charge in [-0.05, 0) is 12.8 Å². The molecule has 2 saturated heterocycles. The minimum Gasteiger partial charge on any atom is -0.378 e. The third kappa shape index (κ3) is 4.57. The van der Waals surface area contributed by atoms with Crippen LogP contribution in [0.5, 0.6) is 0 Å². The van der Waals surface area contributed by atoms with Crippen LogP contribution in [0.15, 0.2) is 11.1 Å². The number of carbonyl (C=O) groups excluding carboxylic acids is 1. The number of morpholine rings is 1. The molecule has 0 spiro atoms. The first kappa shape index (κ1) is 20.0. The average Bonchev–Trinajstić information content (AvgIpc) is 2.67. The number of piperidine rings is 1. The molecule has 0 atom stereocenters. The van der Waals surface area contributed by atoms with E-state index in [0.29, 0.717) is 63.9 Å². The van der Waals surface area contributed by atoms with Gasteiger partial charge in [0.15, 0.2) is 9.84 Å². The van der Waals surface area contributed by atoms with Crippen LogP contribution in [0.3, 0.4) is 0 Å². The minimum absolute atomic E-state index is 0.00808. The Bertz CT molecular complexity index is 783. The van der Waals surface area contributed by atoms with E-state index in [-0.39, 0.29) is 22.6 Å². The van der Waals surface area contributed by atoms with Gasteiger partial charge < -0.3 is 14.5 Å². The Hall–Kier alpha value is -1.74. The van der Waals surface area contributed by atoms with E-state index < -0.39 is 9.84 Å². The van der Waals surface area contributed by atoms with Crippen molar-refractivity contribution < 1.29 is 17.9 Å². The third-order valence-corrected chi connectivity index (χ3v) is 6.26. The molecule has 0 bridgehead atoms. The first-order valence-electron chi connectivity index (χ1n) is 9.46. The standard InChI is InChI=1S/C18H28N4O4S/c1-13(2)17(23)21-6-4-14(5-7-21)16-15(27(3,24)25)12-19-18(20-16)22-8-10-26-11-9-22/h12-14H,4-11H2,1-3H3. The van der Waals surface area contributed by atoms with Gasteiger partial charge in [0.2, 0.25) is 11.9 Å². The van der Waals surface area contributed by atoms with Crippen molar-refractivity contribution in [2.45, 2.75) is 37.5 Å². The number of hydrogen-bond donors (Lipinski definition) is 0. The van der Waals surface area contributed by atoms with Gasteiger partial charge in [0, 0.05) is 44.3 Å². The van der Waals surface area contributed by atoms with Crippen LogP contribution in [-0.4, -0.2) is 74.8 Å². The highest BCUT2D eigenvalue weighted by Gasteiger charge is 2.30. The molecule has 3 rings (SSSR count). The maximum absolute atomic E-state index is 12.3. The number of sulfone groups is 1. The van der Waals surface area contributed by atoms with Gasteiger partial charge in [0.25, 0.3) is 0 Å². The van der Waals surface area contributed by atoms with Crippen LogP contribution in [0, 0.1) is 5.92 Å². The summed E-state index contributed by atoms with van der Waals surface area (Å²) in [7, 11) is -3.42. The molecule has 0 saturated carbocycles. The predicted molar refractivity (Wildman–Crippen MR) is 102 cm³/mol. The van der Waals surface area contributed by atoms with Gasteiger partial charge in [-0.1, -0.05) is 13.8 Å². The molecule has 0 aliphatic carbocycles. The molecule has 150 valence electrons. The Morgan fingerprint density at radius 1 is 1.19 bits per heavy atom. The highest BCUT2D eigenvalue weighted by molar-refractivity contribution is 7.90. The Morgan fingerprint density at radius 3 is 2.37 bits per heavy atom. The van der Waals surface area contributed by atoms with Gasteiger partial charge >= 0.3 is 0 Å². The Kier molecular flexibility index (Phi) is 6.00. The molecule has 8 nitrogen and oxygen atoms in total.